The average Bonchev–Trinajstić information content (AvgIpc) is 3.22. The SMILES string of the molecule is Cc1ccc(-n2c(SCC(=O)NCc3ccccc3F)nnc2N2CCOCC2)cc1. The molecule has 0 spiro atoms. The van der Waals surface area contributed by atoms with Crippen LogP contribution in [0.2, 0.25) is 0 Å². The van der Waals surface area contributed by atoms with Gasteiger partial charge in [-0.3, -0.25) is 9.36 Å². The molecule has 0 bridgehead atoms. The van der Waals surface area contributed by atoms with Crippen LogP contribution in [-0.2, 0) is 16.1 Å². The van der Waals surface area contributed by atoms with E-state index in [1.165, 1.54) is 17.8 Å². The maximum atomic E-state index is 13.7. The van der Waals surface area contributed by atoms with Crippen LogP contribution in [0.1, 0.15) is 11.1 Å². The summed E-state index contributed by atoms with van der Waals surface area (Å²) < 4.78 is 21.2. The summed E-state index contributed by atoms with van der Waals surface area (Å²) >= 11 is 1.30. The standard InChI is InChI=1S/C22H24FN5O2S/c1-16-6-8-18(9-7-16)28-21(27-10-12-30-13-11-27)25-26-22(28)31-15-20(29)24-14-17-4-2-3-5-19(17)23/h2-9H,10-15H2,1H3,(H,24,29). The molecule has 31 heavy (non-hydrogen) atoms. The van der Waals surface area contributed by atoms with E-state index < -0.39 is 0 Å². The van der Waals surface area contributed by atoms with Gasteiger partial charge in [-0.15, -0.1) is 10.2 Å². The molecule has 1 amide bonds. The Morgan fingerprint density at radius 2 is 1.87 bits per heavy atom. The van der Waals surface area contributed by atoms with Crippen molar-refractivity contribution >= 4 is 23.6 Å². The topological polar surface area (TPSA) is 72.3 Å². The van der Waals surface area contributed by atoms with Crippen molar-refractivity contribution in [1.29, 1.82) is 0 Å². The Morgan fingerprint density at radius 3 is 2.61 bits per heavy atom. The fraction of sp³-hybridized carbons (Fsp3) is 0.318. The first-order chi connectivity index (χ1) is 15.1. The number of carbonyl (C=O) groups excluding carboxylic acids is 1. The monoisotopic (exact) mass is 441 g/mol. The largest absolute Gasteiger partial charge is 0.378 e. The van der Waals surface area contributed by atoms with Crippen molar-refractivity contribution in [3.05, 3.63) is 65.5 Å². The molecule has 9 heteroatoms. The van der Waals surface area contributed by atoms with Crippen LogP contribution in [-0.4, -0.2) is 52.7 Å². The van der Waals surface area contributed by atoms with Gasteiger partial charge in [0, 0.05) is 25.2 Å². The summed E-state index contributed by atoms with van der Waals surface area (Å²) in [4.78, 5) is 14.5. The van der Waals surface area contributed by atoms with E-state index in [1.807, 2.05) is 35.8 Å². The maximum absolute atomic E-state index is 13.7. The van der Waals surface area contributed by atoms with E-state index in [1.54, 1.807) is 18.2 Å². The summed E-state index contributed by atoms with van der Waals surface area (Å²) in [6, 6.07) is 14.5. The Kier molecular flexibility index (Phi) is 6.83. The molecular weight excluding hydrogens is 417 g/mol. The minimum absolute atomic E-state index is 0.149. The number of hydrogen-bond donors (Lipinski definition) is 1. The van der Waals surface area contributed by atoms with Gasteiger partial charge in [0.2, 0.25) is 11.9 Å². The number of aromatic nitrogens is 3. The molecule has 2 aromatic carbocycles. The van der Waals surface area contributed by atoms with Gasteiger partial charge in [0.15, 0.2) is 5.16 Å². The van der Waals surface area contributed by atoms with Crippen molar-refractivity contribution < 1.29 is 13.9 Å². The van der Waals surface area contributed by atoms with Gasteiger partial charge in [0.05, 0.1) is 24.7 Å². The van der Waals surface area contributed by atoms with E-state index in [-0.39, 0.29) is 24.0 Å². The fourth-order valence-electron chi connectivity index (χ4n) is 3.26. The van der Waals surface area contributed by atoms with Gasteiger partial charge >= 0.3 is 0 Å². The molecule has 1 fully saturated rings. The van der Waals surface area contributed by atoms with E-state index in [0.29, 0.717) is 23.9 Å². The molecule has 7 nitrogen and oxygen atoms in total. The van der Waals surface area contributed by atoms with Crippen LogP contribution in [0.15, 0.2) is 53.7 Å². The number of hydrogen-bond acceptors (Lipinski definition) is 6. The zero-order valence-electron chi connectivity index (χ0n) is 17.3. The maximum Gasteiger partial charge on any atom is 0.232 e. The number of rotatable bonds is 7. The lowest BCUT2D eigenvalue weighted by Crippen LogP contribution is -2.37. The zero-order valence-corrected chi connectivity index (χ0v) is 18.1. The smallest absolute Gasteiger partial charge is 0.232 e. The summed E-state index contributed by atoms with van der Waals surface area (Å²) in [6.07, 6.45) is 0. The number of nitrogens with one attached hydrogen (secondary N) is 1. The van der Waals surface area contributed by atoms with Gasteiger partial charge in [-0.05, 0) is 25.1 Å². The molecule has 1 aliphatic heterocycles. The Balaban J connectivity index is 1.48. The predicted octanol–water partition coefficient (Wildman–Crippen LogP) is 2.96. The normalized spacial score (nSPS) is 13.9. The van der Waals surface area contributed by atoms with Crippen molar-refractivity contribution in [2.45, 2.75) is 18.6 Å². The molecule has 1 aliphatic rings. The molecule has 0 atom stereocenters. The van der Waals surface area contributed by atoms with E-state index in [0.717, 1.165) is 30.3 Å². The third kappa shape index (κ3) is 5.23. The summed E-state index contributed by atoms with van der Waals surface area (Å²) in [5, 5.41) is 12.1. The zero-order chi connectivity index (χ0) is 21.6. The van der Waals surface area contributed by atoms with Crippen molar-refractivity contribution in [3.63, 3.8) is 0 Å². The highest BCUT2D eigenvalue weighted by Gasteiger charge is 2.22. The third-order valence-electron chi connectivity index (χ3n) is 4.97. The molecule has 4 rings (SSSR count). The number of nitrogens with zero attached hydrogens (tertiary/aromatic N) is 4. The molecule has 0 radical (unpaired) electrons. The number of morpholine rings is 1. The van der Waals surface area contributed by atoms with Crippen LogP contribution in [0, 0.1) is 12.7 Å². The molecule has 0 unspecified atom stereocenters. The summed E-state index contributed by atoms with van der Waals surface area (Å²) in [6.45, 7) is 4.93. The second-order valence-corrected chi connectivity index (χ2v) is 8.15. The molecule has 3 aromatic rings. The van der Waals surface area contributed by atoms with Gasteiger partial charge in [-0.2, -0.15) is 0 Å². The second-order valence-electron chi connectivity index (χ2n) is 7.21. The van der Waals surface area contributed by atoms with Crippen LogP contribution >= 0.6 is 11.8 Å². The number of thioether (sulfide) groups is 1. The first kappa shape index (κ1) is 21.3. The molecule has 1 N–H and O–H groups in total. The summed E-state index contributed by atoms with van der Waals surface area (Å²) in [5.74, 6) is 0.368. The number of carbonyl (C=O) groups is 1. The Hall–Kier alpha value is -2.91. The number of anilines is 1. The van der Waals surface area contributed by atoms with Gasteiger partial charge in [-0.25, -0.2) is 4.39 Å². The number of amides is 1. The average molecular weight is 442 g/mol. The van der Waals surface area contributed by atoms with Crippen molar-refractivity contribution in [2.75, 3.05) is 37.0 Å². The molecule has 1 aromatic heterocycles. The van der Waals surface area contributed by atoms with Crippen molar-refractivity contribution in [2.24, 2.45) is 0 Å². The number of ether oxygens (including phenoxy) is 1. The van der Waals surface area contributed by atoms with Crippen LogP contribution in [0.25, 0.3) is 5.69 Å². The number of halogens is 1. The lowest BCUT2D eigenvalue weighted by atomic mass is 10.2. The van der Waals surface area contributed by atoms with Crippen LogP contribution in [0.3, 0.4) is 0 Å². The summed E-state index contributed by atoms with van der Waals surface area (Å²) in [5.41, 5.74) is 2.55. The minimum atomic E-state index is -0.329. The fourth-order valence-corrected chi connectivity index (χ4v) is 4.04. The van der Waals surface area contributed by atoms with Gasteiger partial charge in [0.25, 0.3) is 0 Å². The van der Waals surface area contributed by atoms with Gasteiger partial charge in [-0.1, -0.05) is 47.7 Å². The number of benzene rings is 2. The highest BCUT2D eigenvalue weighted by atomic mass is 32.2. The number of aryl methyl sites for hydroxylation is 1. The summed E-state index contributed by atoms with van der Waals surface area (Å²) in [7, 11) is 0. The quantitative estimate of drug-likeness (QED) is 0.569. The molecule has 162 valence electrons. The van der Waals surface area contributed by atoms with Crippen molar-refractivity contribution in [1.82, 2.24) is 20.1 Å². The predicted molar refractivity (Wildman–Crippen MR) is 118 cm³/mol. The molecular formula is C22H24FN5O2S. The van der Waals surface area contributed by atoms with E-state index in [2.05, 4.69) is 20.4 Å². The van der Waals surface area contributed by atoms with E-state index in [4.69, 9.17) is 4.74 Å². The lowest BCUT2D eigenvalue weighted by Gasteiger charge is -2.27. The Labute approximate surface area is 184 Å². The Morgan fingerprint density at radius 1 is 1.13 bits per heavy atom. The Bertz CT molecular complexity index is 1030. The molecule has 1 saturated heterocycles. The van der Waals surface area contributed by atoms with E-state index in [9.17, 15) is 9.18 Å². The highest BCUT2D eigenvalue weighted by molar-refractivity contribution is 7.99. The van der Waals surface area contributed by atoms with Gasteiger partial charge in [0.1, 0.15) is 5.82 Å². The van der Waals surface area contributed by atoms with Gasteiger partial charge < -0.3 is 15.0 Å². The van der Waals surface area contributed by atoms with E-state index >= 15 is 0 Å². The second kappa shape index (κ2) is 9.93. The first-order valence-electron chi connectivity index (χ1n) is 10.1. The third-order valence-corrected chi connectivity index (χ3v) is 5.90. The van der Waals surface area contributed by atoms with Crippen LogP contribution in [0.4, 0.5) is 10.3 Å². The highest BCUT2D eigenvalue weighted by Crippen LogP contribution is 2.27. The molecule has 0 aliphatic carbocycles. The molecule has 2 heterocycles. The van der Waals surface area contributed by atoms with Crippen LogP contribution < -0.4 is 10.2 Å². The lowest BCUT2D eigenvalue weighted by molar-refractivity contribution is -0.118. The molecule has 0 saturated carbocycles. The van der Waals surface area contributed by atoms with Crippen molar-refractivity contribution in [3.8, 4) is 5.69 Å². The minimum Gasteiger partial charge on any atom is -0.378 e. The van der Waals surface area contributed by atoms with Crippen LogP contribution in [0.5, 0.6) is 0 Å². The first-order valence-corrected chi connectivity index (χ1v) is 11.1.